The first-order valence-electron chi connectivity index (χ1n) is 10.6. The fraction of sp³-hybridized carbons (Fsp3) is 0.333. The Labute approximate surface area is 193 Å². The molecule has 0 bridgehead atoms. The van der Waals surface area contributed by atoms with Crippen LogP contribution in [-0.2, 0) is 10.2 Å². The van der Waals surface area contributed by atoms with Gasteiger partial charge in [-0.1, -0.05) is 75.0 Å². The number of carbonyl (C=O) groups excluding carboxylic acids is 2. The van der Waals surface area contributed by atoms with Gasteiger partial charge in [-0.05, 0) is 37.0 Å². The van der Waals surface area contributed by atoms with E-state index >= 15 is 0 Å². The molecule has 1 aromatic heterocycles. The second-order valence-electron chi connectivity index (χ2n) is 8.41. The highest BCUT2D eigenvalue weighted by Gasteiger charge is 2.23. The molecule has 2 N–H and O–H groups in total. The van der Waals surface area contributed by atoms with E-state index in [0.717, 1.165) is 11.3 Å². The number of benzene rings is 2. The van der Waals surface area contributed by atoms with Crippen molar-refractivity contribution in [1.29, 1.82) is 0 Å². The second kappa shape index (κ2) is 9.99. The maximum atomic E-state index is 12.4. The summed E-state index contributed by atoms with van der Waals surface area (Å²) in [6.45, 7) is 10.5. The Bertz CT molecular complexity index is 1070. The molecule has 0 fully saturated rings. The van der Waals surface area contributed by atoms with E-state index < -0.39 is 11.3 Å². The molecule has 32 heavy (non-hydrogen) atoms. The molecule has 0 radical (unpaired) electrons. The van der Waals surface area contributed by atoms with Gasteiger partial charge >= 0.3 is 6.03 Å². The highest BCUT2D eigenvalue weighted by atomic mass is 32.2. The van der Waals surface area contributed by atoms with Crippen LogP contribution in [0.1, 0.15) is 40.2 Å². The van der Waals surface area contributed by atoms with Crippen molar-refractivity contribution in [3.63, 3.8) is 0 Å². The van der Waals surface area contributed by atoms with E-state index in [2.05, 4.69) is 53.7 Å². The first-order chi connectivity index (χ1) is 15.2. The average Bonchev–Trinajstić information content (AvgIpc) is 3.17. The lowest BCUT2D eigenvalue weighted by Gasteiger charge is -2.19. The van der Waals surface area contributed by atoms with Gasteiger partial charge in [-0.15, -0.1) is 10.2 Å². The first-order valence-corrected chi connectivity index (χ1v) is 11.5. The topological polar surface area (TPSA) is 88.9 Å². The van der Waals surface area contributed by atoms with Crippen molar-refractivity contribution in [2.24, 2.45) is 0 Å². The molecule has 2 aromatic carbocycles. The third-order valence-electron chi connectivity index (χ3n) is 4.88. The zero-order chi connectivity index (χ0) is 23.3. The van der Waals surface area contributed by atoms with Crippen molar-refractivity contribution in [1.82, 2.24) is 25.4 Å². The van der Waals surface area contributed by atoms with Crippen LogP contribution in [0.2, 0.25) is 0 Å². The molecule has 1 heterocycles. The summed E-state index contributed by atoms with van der Waals surface area (Å²) in [6.07, 6.45) is 0. The molecule has 168 valence electrons. The normalized spacial score (nSPS) is 12.3. The number of nitrogens with zero attached hydrogens (tertiary/aromatic N) is 3. The van der Waals surface area contributed by atoms with Crippen LogP contribution in [0.4, 0.5) is 4.79 Å². The Morgan fingerprint density at radius 2 is 1.69 bits per heavy atom. The number of hydrogen-bond donors (Lipinski definition) is 2. The van der Waals surface area contributed by atoms with E-state index in [1.54, 1.807) is 13.8 Å². The van der Waals surface area contributed by atoms with E-state index in [1.165, 1.54) is 17.3 Å². The predicted molar refractivity (Wildman–Crippen MR) is 128 cm³/mol. The molecular formula is C24H29N5O2S. The molecule has 0 aliphatic carbocycles. The van der Waals surface area contributed by atoms with Crippen LogP contribution in [0.5, 0.6) is 0 Å². The van der Waals surface area contributed by atoms with Gasteiger partial charge in [-0.25, -0.2) is 4.79 Å². The van der Waals surface area contributed by atoms with Crippen molar-refractivity contribution >= 4 is 23.7 Å². The van der Waals surface area contributed by atoms with Gasteiger partial charge in [0.05, 0.1) is 5.25 Å². The summed E-state index contributed by atoms with van der Waals surface area (Å²) in [6, 6.07) is 17.6. The fourth-order valence-corrected chi connectivity index (χ4v) is 3.96. The van der Waals surface area contributed by atoms with Gasteiger partial charge in [0.15, 0.2) is 11.0 Å². The van der Waals surface area contributed by atoms with Gasteiger partial charge in [-0.3, -0.25) is 14.7 Å². The van der Waals surface area contributed by atoms with E-state index in [9.17, 15) is 9.59 Å². The third kappa shape index (κ3) is 5.56. The molecule has 1 atom stereocenters. The van der Waals surface area contributed by atoms with Crippen molar-refractivity contribution in [2.75, 3.05) is 6.54 Å². The lowest BCUT2D eigenvalue weighted by molar-refractivity contribution is -0.119. The van der Waals surface area contributed by atoms with Crippen LogP contribution < -0.4 is 10.6 Å². The van der Waals surface area contributed by atoms with Crippen LogP contribution in [0.3, 0.4) is 0 Å². The molecule has 0 saturated carbocycles. The van der Waals surface area contributed by atoms with E-state index in [4.69, 9.17) is 0 Å². The summed E-state index contributed by atoms with van der Waals surface area (Å²) in [5, 5.41) is 13.8. The summed E-state index contributed by atoms with van der Waals surface area (Å²) in [4.78, 5) is 24.1. The molecule has 7 nitrogen and oxygen atoms in total. The second-order valence-corrected chi connectivity index (χ2v) is 9.72. The Hall–Kier alpha value is -3.13. The predicted octanol–water partition coefficient (Wildman–Crippen LogP) is 4.56. The number of imide groups is 1. The zero-order valence-corrected chi connectivity index (χ0v) is 19.9. The van der Waals surface area contributed by atoms with Gasteiger partial charge in [0, 0.05) is 17.8 Å². The monoisotopic (exact) mass is 451 g/mol. The van der Waals surface area contributed by atoms with Gasteiger partial charge in [0.1, 0.15) is 0 Å². The first kappa shape index (κ1) is 23.5. The third-order valence-corrected chi connectivity index (χ3v) is 5.93. The van der Waals surface area contributed by atoms with Gasteiger partial charge in [0.25, 0.3) is 0 Å². The lowest BCUT2D eigenvalue weighted by atomic mass is 9.87. The Balaban J connectivity index is 1.94. The molecule has 0 aliphatic rings. The summed E-state index contributed by atoms with van der Waals surface area (Å²) in [5.41, 5.74) is 3.11. The summed E-state index contributed by atoms with van der Waals surface area (Å²) in [7, 11) is 0. The number of carbonyl (C=O) groups is 2. The maximum Gasteiger partial charge on any atom is 0.321 e. The fourth-order valence-electron chi connectivity index (χ4n) is 3.09. The largest absolute Gasteiger partial charge is 0.338 e. The Morgan fingerprint density at radius 3 is 2.28 bits per heavy atom. The molecule has 0 aliphatic heterocycles. The number of hydrogen-bond acceptors (Lipinski definition) is 5. The quantitative estimate of drug-likeness (QED) is 0.537. The van der Waals surface area contributed by atoms with Gasteiger partial charge in [0.2, 0.25) is 5.91 Å². The SMILES string of the molecule is CCNC(=O)NC(=O)C(C)Sc1nnc(-c2ccc(C(C)(C)C)cc2)n1-c1ccccc1. The number of urea groups is 1. The van der Waals surface area contributed by atoms with Crippen molar-refractivity contribution in [3.05, 3.63) is 60.2 Å². The summed E-state index contributed by atoms with van der Waals surface area (Å²) in [5.74, 6) is 0.301. The highest BCUT2D eigenvalue weighted by Crippen LogP contribution is 2.31. The number of rotatable bonds is 6. The number of nitrogens with one attached hydrogen (secondary N) is 2. The van der Waals surface area contributed by atoms with Gasteiger partial charge < -0.3 is 5.32 Å². The average molecular weight is 452 g/mol. The summed E-state index contributed by atoms with van der Waals surface area (Å²) < 4.78 is 1.94. The van der Waals surface area contributed by atoms with E-state index in [1.807, 2.05) is 47.0 Å². The number of para-hydroxylation sites is 1. The molecule has 1 unspecified atom stereocenters. The zero-order valence-electron chi connectivity index (χ0n) is 19.0. The van der Waals surface area contributed by atoms with Crippen LogP contribution in [0.15, 0.2) is 59.8 Å². The van der Waals surface area contributed by atoms with Crippen LogP contribution in [0.25, 0.3) is 17.1 Å². The molecular weight excluding hydrogens is 422 g/mol. The van der Waals surface area contributed by atoms with E-state index in [-0.39, 0.29) is 11.3 Å². The minimum absolute atomic E-state index is 0.0551. The lowest BCUT2D eigenvalue weighted by Crippen LogP contribution is -2.42. The molecule has 3 amide bonds. The number of amides is 3. The van der Waals surface area contributed by atoms with Crippen LogP contribution in [-0.4, -0.2) is 38.5 Å². The smallest absolute Gasteiger partial charge is 0.321 e. The minimum atomic E-state index is -0.541. The Kier molecular flexibility index (Phi) is 7.35. The minimum Gasteiger partial charge on any atom is -0.338 e. The van der Waals surface area contributed by atoms with Crippen molar-refractivity contribution in [2.45, 2.75) is 50.4 Å². The molecule has 0 saturated heterocycles. The molecule has 0 spiro atoms. The van der Waals surface area contributed by atoms with Crippen molar-refractivity contribution < 1.29 is 9.59 Å². The van der Waals surface area contributed by atoms with Gasteiger partial charge in [-0.2, -0.15) is 0 Å². The number of thioether (sulfide) groups is 1. The molecule has 3 aromatic rings. The van der Waals surface area contributed by atoms with Crippen LogP contribution in [0, 0.1) is 0 Å². The summed E-state index contributed by atoms with van der Waals surface area (Å²) >= 11 is 1.25. The van der Waals surface area contributed by atoms with Crippen LogP contribution >= 0.6 is 11.8 Å². The van der Waals surface area contributed by atoms with Crippen molar-refractivity contribution in [3.8, 4) is 17.1 Å². The van der Waals surface area contributed by atoms with E-state index in [0.29, 0.717) is 17.5 Å². The Morgan fingerprint density at radius 1 is 1.03 bits per heavy atom. The molecule has 8 heteroatoms. The molecule has 3 rings (SSSR count). The highest BCUT2D eigenvalue weighted by molar-refractivity contribution is 8.00. The standard InChI is InChI=1S/C24H29N5O2S/c1-6-25-22(31)26-21(30)16(2)32-23-28-27-20(29(23)19-10-8-7-9-11-19)17-12-14-18(15-13-17)24(3,4)5/h7-16H,6H2,1-5H3,(H2,25,26,30,31). The number of aromatic nitrogens is 3. The maximum absolute atomic E-state index is 12.4.